The standard InChI is InChI=1S/C18H27NO5/c1-13-12-19(9-7-18(13,21)8-10-22-2)17(20)15-11-14(23-3)5-6-16(15)24-4/h5-6,11,13,21H,7-10,12H2,1-4H3. The predicted molar refractivity (Wildman–Crippen MR) is 90.7 cm³/mol. The number of carbonyl (C=O) groups is 1. The molecule has 1 aliphatic rings. The molecule has 1 fully saturated rings. The van der Waals surface area contributed by atoms with Gasteiger partial charge < -0.3 is 24.2 Å². The molecule has 1 aromatic carbocycles. The first-order chi connectivity index (χ1) is 11.4. The van der Waals surface area contributed by atoms with E-state index in [4.69, 9.17) is 14.2 Å². The van der Waals surface area contributed by atoms with E-state index in [0.29, 0.717) is 49.6 Å². The number of rotatable bonds is 6. The first-order valence-electron chi connectivity index (χ1n) is 8.17. The molecule has 2 unspecified atom stereocenters. The number of hydrogen-bond acceptors (Lipinski definition) is 5. The highest BCUT2D eigenvalue weighted by Gasteiger charge is 2.40. The van der Waals surface area contributed by atoms with Crippen molar-refractivity contribution < 1.29 is 24.1 Å². The molecule has 1 aliphatic heterocycles. The molecule has 1 saturated heterocycles. The molecule has 134 valence electrons. The number of nitrogens with zero attached hydrogens (tertiary/aromatic N) is 1. The Balaban J connectivity index is 2.15. The molecular weight excluding hydrogens is 310 g/mol. The highest BCUT2D eigenvalue weighted by molar-refractivity contribution is 5.97. The van der Waals surface area contributed by atoms with E-state index in [0.717, 1.165) is 0 Å². The summed E-state index contributed by atoms with van der Waals surface area (Å²) in [5, 5.41) is 10.8. The van der Waals surface area contributed by atoms with E-state index in [2.05, 4.69) is 0 Å². The number of carbonyl (C=O) groups excluding carboxylic acids is 1. The van der Waals surface area contributed by atoms with Crippen molar-refractivity contribution in [3.63, 3.8) is 0 Å². The predicted octanol–water partition coefficient (Wildman–Crippen LogP) is 1.95. The number of piperidine rings is 1. The zero-order valence-electron chi connectivity index (χ0n) is 14.9. The van der Waals surface area contributed by atoms with E-state index < -0.39 is 5.60 Å². The Kier molecular flexibility index (Phi) is 6.07. The summed E-state index contributed by atoms with van der Waals surface area (Å²) in [6.45, 7) is 3.49. The summed E-state index contributed by atoms with van der Waals surface area (Å²) in [5.41, 5.74) is -0.308. The zero-order valence-corrected chi connectivity index (χ0v) is 14.9. The molecule has 2 atom stereocenters. The number of methoxy groups -OCH3 is 3. The Morgan fingerprint density at radius 3 is 2.67 bits per heavy atom. The van der Waals surface area contributed by atoms with E-state index in [9.17, 15) is 9.90 Å². The molecule has 0 spiro atoms. The Hall–Kier alpha value is -1.79. The average Bonchev–Trinajstić information content (AvgIpc) is 2.61. The van der Waals surface area contributed by atoms with Crippen LogP contribution in [-0.4, -0.2) is 62.5 Å². The maximum Gasteiger partial charge on any atom is 0.257 e. The Morgan fingerprint density at radius 1 is 1.33 bits per heavy atom. The molecule has 1 aromatic rings. The van der Waals surface area contributed by atoms with Crippen LogP contribution in [-0.2, 0) is 4.74 Å². The van der Waals surface area contributed by atoms with E-state index in [-0.39, 0.29) is 11.8 Å². The van der Waals surface area contributed by atoms with Gasteiger partial charge in [0.05, 0.1) is 25.4 Å². The van der Waals surface area contributed by atoms with Crippen LogP contribution in [0, 0.1) is 5.92 Å². The van der Waals surface area contributed by atoms with Gasteiger partial charge in [-0.25, -0.2) is 0 Å². The molecule has 6 nitrogen and oxygen atoms in total. The third kappa shape index (κ3) is 3.82. The molecule has 0 aromatic heterocycles. The average molecular weight is 337 g/mol. The third-order valence-corrected chi connectivity index (χ3v) is 4.89. The maximum absolute atomic E-state index is 12.9. The van der Waals surface area contributed by atoms with Gasteiger partial charge in [0.1, 0.15) is 11.5 Å². The molecule has 24 heavy (non-hydrogen) atoms. The summed E-state index contributed by atoms with van der Waals surface area (Å²) in [4.78, 5) is 14.7. The van der Waals surface area contributed by atoms with Gasteiger partial charge in [-0.1, -0.05) is 6.92 Å². The zero-order chi connectivity index (χ0) is 17.7. The minimum atomic E-state index is -0.786. The molecule has 1 heterocycles. The van der Waals surface area contributed by atoms with Gasteiger partial charge in [-0.05, 0) is 31.0 Å². The van der Waals surface area contributed by atoms with Gasteiger partial charge >= 0.3 is 0 Å². The quantitative estimate of drug-likeness (QED) is 0.859. The number of benzene rings is 1. The highest BCUT2D eigenvalue weighted by atomic mass is 16.5. The molecule has 0 aliphatic carbocycles. The van der Waals surface area contributed by atoms with Crippen LogP contribution in [0.25, 0.3) is 0 Å². The van der Waals surface area contributed by atoms with Crippen LogP contribution in [0.3, 0.4) is 0 Å². The molecular formula is C18H27NO5. The molecule has 0 bridgehead atoms. The van der Waals surface area contributed by atoms with Crippen LogP contribution in [0.2, 0.25) is 0 Å². The Morgan fingerprint density at radius 2 is 2.08 bits per heavy atom. The van der Waals surface area contributed by atoms with Gasteiger partial charge in [0.15, 0.2) is 0 Å². The molecule has 1 N–H and O–H groups in total. The molecule has 6 heteroatoms. The number of ether oxygens (including phenoxy) is 3. The van der Waals surface area contributed by atoms with Crippen LogP contribution in [0.5, 0.6) is 11.5 Å². The Bertz CT molecular complexity index is 577. The second-order valence-electron chi connectivity index (χ2n) is 6.31. The first kappa shape index (κ1) is 18.5. The monoisotopic (exact) mass is 337 g/mol. The lowest BCUT2D eigenvalue weighted by Gasteiger charge is -2.43. The van der Waals surface area contributed by atoms with Gasteiger partial charge in [-0.3, -0.25) is 4.79 Å². The highest BCUT2D eigenvalue weighted by Crippen LogP contribution is 2.33. The number of hydrogen-bond donors (Lipinski definition) is 1. The van der Waals surface area contributed by atoms with E-state index >= 15 is 0 Å². The molecule has 0 saturated carbocycles. The smallest absolute Gasteiger partial charge is 0.257 e. The largest absolute Gasteiger partial charge is 0.497 e. The summed E-state index contributed by atoms with van der Waals surface area (Å²) >= 11 is 0. The molecule has 2 rings (SSSR count). The van der Waals surface area contributed by atoms with E-state index in [1.54, 1.807) is 44.4 Å². The summed E-state index contributed by atoms with van der Waals surface area (Å²) < 4.78 is 15.6. The minimum Gasteiger partial charge on any atom is -0.497 e. The summed E-state index contributed by atoms with van der Waals surface area (Å²) in [5.74, 6) is 1.00. The second kappa shape index (κ2) is 7.85. The van der Waals surface area contributed by atoms with Gasteiger partial charge in [0, 0.05) is 32.7 Å². The summed E-state index contributed by atoms with van der Waals surface area (Å²) in [6, 6.07) is 5.18. The van der Waals surface area contributed by atoms with Crippen molar-refractivity contribution in [3.05, 3.63) is 23.8 Å². The molecule has 0 radical (unpaired) electrons. The summed E-state index contributed by atoms with van der Waals surface area (Å²) in [6.07, 6.45) is 1.12. The van der Waals surface area contributed by atoms with Crippen LogP contribution >= 0.6 is 0 Å². The number of amides is 1. The van der Waals surface area contributed by atoms with Crippen molar-refractivity contribution in [2.45, 2.75) is 25.4 Å². The molecule has 1 amide bonds. The fraction of sp³-hybridized carbons (Fsp3) is 0.611. The van der Waals surface area contributed by atoms with Crippen molar-refractivity contribution in [3.8, 4) is 11.5 Å². The van der Waals surface area contributed by atoms with Gasteiger partial charge in [0.2, 0.25) is 0 Å². The normalized spacial score (nSPS) is 23.9. The third-order valence-electron chi connectivity index (χ3n) is 4.89. The van der Waals surface area contributed by atoms with Crippen molar-refractivity contribution in [2.75, 3.05) is 41.0 Å². The van der Waals surface area contributed by atoms with Crippen LogP contribution < -0.4 is 9.47 Å². The minimum absolute atomic E-state index is 0.0260. The second-order valence-corrected chi connectivity index (χ2v) is 6.31. The van der Waals surface area contributed by atoms with Crippen LogP contribution in [0.15, 0.2) is 18.2 Å². The van der Waals surface area contributed by atoms with Gasteiger partial charge in [-0.15, -0.1) is 0 Å². The van der Waals surface area contributed by atoms with Gasteiger partial charge in [-0.2, -0.15) is 0 Å². The fourth-order valence-electron chi connectivity index (χ4n) is 3.15. The van der Waals surface area contributed by atoms with Crippen molar-refractivity contribution in [1.82, 2.24) is 4.90 Å². The SMILES string of the molecule is COCCC1(O)CCN(C(=O)c2cc(OC)ccc2OC)CC1C. The fourth-order valence-corrected chi connectivity index (χ4v) is 3.15. The lowest BCUT2D eigenvalue weighted by atomic mass is 9.79. The van der Waals surface area contributed by atoms with Crippen LogP contribution in [0.4, 0.5) is 0 Å². The van der Waals surface area contributed by atoms with Crippen molar-refractivity contribution in [1.29, 1.82) is 0 Å². The summed E-state index contributed by atoms with van der Waals surface area (Å²) in [7, 11) is 4.73. The van der Waals surface area contributed by atoms with Gasteiger partial charge in [0.25, 0.3) is 5.91 Å². The number of likely N-dealkylation sites (tertiary alicyclic amines) is 1. The maximum atomic E-state index is 12.9. The Labute approximate surface area is 143 Å². The lowest BCUT2D eigenvalue weighted by Crippen LogP contribution is -2.52. The van der Waals surface area contributed by atoms with Crippen molar-refractivity contribution in [2.24, 2.45) is 5.92 Å². The van der Waals surface area contributed by atoms with Crippen molar-refractivity contribution >= 4 is 5.91 Å². The number of aliphatic hydroxyl groups is 1. The van der Waals surface area contributed by atoms with E-state index in [1.165, 1.54) is 0 Å². The lowest BCUT2D eigenvalue weighted by molar-refractivity contribution is -0.0750. The topological polar surface area (TPSA) is 68.2 Å². The first-order valence-corrected chi connectivity index (χ1v) is 8.17. The van der Waals surface area contributed by atoms with E-state index in [1.807, 2.05) is 6.92 Å². The van der Waals surface area contributed by atoms with Crippen LogP contribution in [0.1, 0.15) is 30.1 Å².